The van der Waals surface area contributed by atoms with E-state index in [9.17, 15) is 4.79 Å². The van der Waals surface area contributed by atoms with Crippen molar-refractivity contribution in [3.05, 3.63) is 54.4 Å². The fourth-order valence-corrected chi connectivity index (χ4v) is 3.99. The maximum absolute atomic E-state index is 12.8. The molecule has 2 aromatic rings. The molecular weight excluding hydrogens is 300 g/mol. The Bertz CT molecular complexity index is 702. The first kappa shape index (κ1) is 15.3. The second kappa shape index (κ2) is 6.34. The lowest BCUT2D eigenvalue weighted by molar-refractivity contribution is -0.134. The molecule has 1 amide bonds. The summed E-state index contributed by atoms with van der Waals surface area (Å²) in [5, 5.41) is 0. The number of rotatable bonds is 4. The van der Waals surface area contributed by atoms with Gasteiger partial charge < -0.3 is 14.2 Å². The van der Waals surface area contributed by atoms with Crippen LogP contribution in [0.1, 0.15) is 36.8 Å². The molecule has 4 nitrogen and oxygen atoms in total. The van der Waals surface area contributed by atoms with Crippen LogP contribution in [0.2, 0.25) is 0 Å². The van der Waals surface area contributed by atoms with Crippen molar-refractivity contribution in [3.63, 3.8) is 0 Å². The lowest BCUT2D eigenvalue weighted by Crippen LogP contribution is -2.40. The van der Waals surface area contributed by atoms with Gasteiger partial charge in [0.25, 0.3) is 0 Å². The fourth-order valence-electron chi connectivity index (χ4n) is 3.99. The predicted octanol–water partition coefficient (Wildman–Crippen LogP) is 3.46. The summed E-state index contributed by atoms with van der Waals surface area (Å²) in [7, 11) is 1.70. The number of piperidine rings is 1. The standard InChI is InChI=1S/C20H24N2O2/c1-24-19-7-3-2-6-16(19)17-14-18(17)20(23)22-12-8-15(9-13-22)21-10-4-5-11-21/h2-7,10-11,15,17-18H,8-9,12-14H2,1H3. The minimum absolute atomic E-state index is 0.143. The molecule has 1 aliphatic carbocycles. The highest BCUT2D eigenvalue weighted by Crippen LogP contribution is 2.51. The summed E-state index contributed by atoms with van der Waals surface area (Å²) in [5.74, 6) is 1.71. The maximum atomic E-state index is 12.8. The highest BCUT2D eigenvalue weighted by molar-refractivity contribution is 5.83. The highest BCUT2D eigenvalue weighted by Gasteiger charge is 2.47. The Morgan fingerprint density at radius 2 is 1.79 bits per heavy atom. The number of likely N-dealkylation sites (tertiary alicyclic amines) is 1. The molecule has 126 valence electrons. The van der Waals surface area contributed by atoms with E-state index in [0.29, 0.717) is 17.9 Å². The molecule has 1 saturated carbocycles. The summed E-state index contributed by atoms with van der Waals surface area (Å²) in [6.07, 6.45) is 7.30. The van der Waals surface area contributed by atoms with Crippen molar-refractivity contribution in [2.75, 3.05) is 20.2 Å². The number of aromatic nitrogens is 1. The Labute approximate surface area is 143 Å². The third-order valence-electron chi connectivity index (χ3n) is 5.47. The third kappa shape index (κ3) is 2.81. The molecule has 1 aromatic heterocycles. The van der Waals surface area contributed by atoms with Crippen LogP contribution in [0.5, 0.6) is 5.75 Å². The molecule has 0 N–H and O–H groups in total. The smallest absolute Gasteiger partial charge is 0.226 e. The van der Waals surface area contributed by atoms with Crippen LogP contribution in [0.4, 0.5) is 0 Å². The number of carbonyl (C=O) groups excluding carboxylic acids is 1. The molecule has 4 rings (SSSR count). The number of para-hydroxylation sites is 1. The van der Waals surface area contributed by atoms with E-state index in [4.69, 9.17) is 4.74 Å². The van der Waals surface area contributed by atoms with Crippen LogP contribution in [0.15, 0.2) is 48.8 Å². The quantitative estimate of drug-likeness (QED) is 0.863. The van der Waals surface area contributed by atoms with Gasteiger partial charge in [0.05, 0.1) is 7.11 Å². The second-order valence-electron chi connectivity index (χ2n) is 6.88. The number of benzene rings is 1. The normalized spacial score (nSPS) is 24.0. The predicted molar refractivity (Wildman–Crippen MR) is 93.1 cm³/mol. The van der Waals surface area contributed by atoms with Crippen LogP contribution < -0.4 is 4.74 Å². The molecule has 1 aliphatic heterocycles. The number of ether oxygens (including phenoxy) is 1. The summed E-state index contributed by atoms with van der Waals surface area (Å²) in [5.41, 5.74) is 1.18. The third-order valence-corrected chi connectivity index (χ3v) is 5.47. The van der Waals surface area contributed by atoms with E-state index in [2.05, 4.69) is 40.1 Å². The second-order valence-corrected chi connectivity index (χ2v) is 6.88. The minimum atomic E-state index is 0.143. The van der Waals surface area contributed by atoms with Crippen molar-refractivity contribution in [2.24, 2.45) is 5.92 Å². The minimum Gasteiger partial charge on any atom is -0.496 e. The largest absolute Gasteiger partial charge is 0.496 e. The monoisotopic (exact) mass is 324 g/mol. The Hall–Kier alpha value is -2.23. The van der Waals surface area contributed by atoms with Gasteiger partial charge in [-0.1, -0.05) is 18.2 Å². The molecule has 2 atom stereocenters. The average molecular weight is 324 g/mol. The molecule has 24 heavy (non-hydrogen) atoms. The zero-order valence-corrected chi connectivity index (χ0v) is 14.1. The van der Waals surface area contributed by atoms with Crippen LogP contribution in [0, 0.1) is 5.92 Å². The molecule has 4 heteroatoms. The van der Waals surface area contributed by atoms with Crippen molar-refractivity contribution in [1.82, 2.24) is 9.47 Å². The van der Waals surface area contributed by atoms with Crippen LogP contribution in [0.25, 0.3) is 0 Å². The zero-order chi connectivity index (χ0) is 16.5. The topological polar surface area (TPSA) is 34.5 Å². The summed E-state index contributed by atoms with van der Waals surface area (Å²) in [6, 6.07) is 12.8. The average Bonchev–Trinajstić information content (AvgIpc) is 3.25. The lowest BCUT2D eigenvalue weighted by atomic mass is 10.0. The van der Waals surface area contributed by atoms with E-state index < -0.39 is 0 Å². The van der Waals surface area contributed by atoms with Crippen LogP contribution in [-0.2, 0) is 4.79 Å². The molecule has 0 radical (unpaired) electrons. The number of nitrogens with zero attached hydrogens (tertiary/aromatic N) is 2. The molecule has 2 fully saturated rings. The number of carbonyl (C=O) groups is 1. The first-order chi connectivity index (χ1) is 11.8. The van der Waals surface area contributed by atoms with Crippen molar-refractivity contribution >= 4 is 5.91 Å². The SMILES string of the molecule is COc1ccccc1C1CC1C(=O)N1CCC(n2cccc2)CC1. The number of methoxy groups -OCH3 is 1. The van der Waals surface area contributed by atoms with Gasteiger partial charge in [-0.05, 0) is 48.9 Å². The number of hydrogen-bond donors (Lipinski definition) is 0. The fraction of sp³-hybridized carbons (Fsp3) is 0.450. The molecule has 2 unspecified atom stereocenters. The number of amides is 1. The summed E-state index contributed by atoms with van der Waals surface area (Å²) >= 11 is 0. The Morgan fingerprint density at radius 3 is 2.50 bits per heavy atom. The zero-order valence-electron chi connectivity index (χ0n) is 14.1. The molecular formula is C20H24N2O2. The van der Waals surface area contributed by atoms with Gasteiger partial charge in [0.15, 0.2) is 0 Å². The first-order valence-corrected chi connectivity index (χ1v) is 8.82. The summed E-state index contributed by atoms with van der Waals surface area (Å²) in [6.45, 7) is 1.74. The van der Waals surface area contributed by atoms with E-state index in [1.54, 1.807) is 7.11 Å². The first-order valence-electron chi connectivity index (χ1n) is 8.82. The van der Waals surface area contributed by atoms with Gasteiger partial charge in [-0.3, -0.25) is 4.79 Å². The van der Waals surface area contributed by atoms with Gasteiger partial charge in [-0.2, -0.15) is 0 Å². The highest BCUT2D eigenvalue weighted by atomic mass is 16.5. The van der Waals surface area contributed by atoms with Crippen molar-refractivity contribution in [3.8, 4) is 5.75 Å². The van der Waals surface area contributed by atoms with Crippen molar-refractivity contribution < 1.29 is 9.53 Å². The molecule has 2 aliphatic rings. The van der Waals surface area contributed by atoms with Crippen LogP contribution in [-0.4, -0.2) is 35.6 Å². The van der Waals surface area contributed by atoms with Gasteiger partial charge in [-0.25, -0.2) is 0 Å². The van der Waals surface area contributed by atoms with Crippen molar-refractivity contribution in [1.29, 1.82) is 0 Å². The summed E-state index contributed by atoms with van der Waals surface area (Å²) < 4.78 is 7.72. The number of hydrogen-bond acceptors (Lipinski definition) is 2. The lowest BCUT2D eigenvalue weighted by Gasteiger charge is -2.33. The van der Waals surface area contributed by atoms with Gasteiger partial charge in [0.2, 0.25) is 5.91 Å². The van der Waals surface area contributed by atoms with Crippen LogP contribution in [0.3, 0.4) is 0 Å². The molecule has 1 aromatic carbocycles. The van der Waals surface area contributed by atoms with E-state index in [0.717, 1.165) is 38.1 Å². The van der Waals surface area contributed by atoms with E-state index >= 15 is 0 Å². The van der Waals surface area contributed by atoms with Crippen molar-refractivity contribution in [2.45, 2.75) is 31.2 Å². The van der Waals surface area contributed by atoms with Crippen LogP contribution >= 0.6 is 0 Å². The molecule has 0 spiro atoms. The van der Waals surface area contributed by atoms with E-state index in [-0.39, 0.29) is 5.92 Å². The van der Waals surface area contributed by atoms with Gasteiger partial charge in [-0.15, -0.1) is 0 Å². The van der Waals surface area contributed by atoms with Gasteiger partial charge in [0.1, 0.15) is 5.75 Å². The molecule has 0 bridgehead atoms. The van der Waals surface area contributed by atoms with E-state index in [1.165, 1.54) is 5.56 Å². The summed E-state index contributed by atoms with van der Waals surface area (Å²) in [4.78, 5) is 14.9. The Kier molecular flexibility index (Phi) is 4.05. The van der Waals surface area contributed by atoms with Gasteiger partial charge >= 0.3 is 0 Å². The molecule has 1 saturated heterocycles. The Morgan fingerprint density at radius 1 is 1.08 bits per heavy atom. The maximum Gasteiger partial charge on any atom is 0.226 e. The van der Waals surface area contributed by atoms with Gasteiger partial charge in [0, 0.05) is 37.4 Å². The Balaban J connectivity index is 1.36. The molecule has 2 heterocycles. The van der Waals surface area contributed by atoms with E-state index in [1.807, 2.05) is 18.2 Å².